The molecule has 0 amide bonds. The second kappa shape index (κ2) is 9.79. The van der Waals surface area contributed by atoms with Crippen molar-refractivity contribution < 1.29 is 30.9 Å². The van der Waals surface area contributed by atoms with Gasteiger partial charge in [0, 0.05) is 25.2 Å². The summed E-state index contributed by atoms with van der Waals surface area (Å²) in [5, 5.41) is 0. The summed E-state index contributed by atoms with van der Waals surface area (Å²) in [5.41, 5.74) is 0.972. The van der Waals surface area contributed by atoms with E-state index in [1.165, 1.54) is 24.3 Å². The minimum Gasteiger partial charge on any atom is -0.326 e. The van der Waals surface area contributed by atoms with E-state index in [1.54, 1.807) is 6.08 Å². The monoisotopic (exact) mass is 523 g/mol. The molecule has 2 heterocycles. The Bertz CT molecular complexity index is 1360. The van der Waals surface area contributed by atoms with Crippen molar-refractivity contribution in [1.82, 2.24) is 4.57 Å². The number of hydrogen-bond donors (Lipinski definition) is 0. The molecule has 0 N–H and O–H groups in total. The average Bonchev–Trinajstić information content (AvgIpc) is 3.32. The normalized spacial score (nSPS) is 15.6. The number of fused-ring (bicyclic) bond motifs is 2. The highest BCUT2D eigenvalue weighted by atomic mass is 19.4. The van der Waals surface area contributed by atoms with E-state index in [0.29, 0.717) is 48.6 Å². The van der Waals surface area contributed by atoms with Gasteiger partial charge in [0.15, 0.2) is 11.0 Å². The lowest BCUT2D eigenvalue weighted by molar-refractivity contribution is -0.670. The summed E-state index contributed by atoms with van der Waals surface area (Å²) in [6.07, 6.45) is -3.41. The van der Waals surface area contributed by atoms with Crippen LogP contribution >= 0.6 is 0 Å². The molecule has 0 spiro atoms. The van der Waals surface area contributed by atoms with Crippen LogP contribution in [-0.4, -0.2) is 17.7 Å². The van der Waals surface area contributed by atoms with Crippen molar-refractivity contribution in [3.05, 3.63) is 71.3 Å². The highest BCUT2D eigenvalue weighted by Crippen LogP contribution is 2.44. The van der Waals surface area contributed by atoms with Gasteiger partial charge in [-0.25, -0.2) is 9.13 Å². The number of aryl methyl sites for hydroxylation is 2. The van der Waals surface area contributed by atoms with Crippen molar-refractivity contribution in [3.63, 3.8) is 0 Å². The molecular formula is C27H29F6N4+. The van der Waals surface area contributed by atoms with Gasteiger partial charge < -0.3 is 9.80 Å². The SMILES string of the molecule is CCN1/C(=C\C=C\c2n(CC)c3cc(C(F)(F)F)ccc3[n+]2CC)N(CC)c2cc(C(F)(F)F)ccc21. The van der Waals surface area contributed by atoms with E-state index in [0.717, 1.165) is 23.8 Å². The van der Waals surface area contributed by atoms with Gasteiger partial charge in [0.25, 0.3) is 5.82 Å². The van der Waals surface area contributed by atoms with Crippen LogP contribution in [-0.2, 0) is 25.4 Å². The number of allylic oxidation sites excluding steroid dienone is 2. The molecule has 0 aliphatic carbocycles. The summed E-state index contributed by atoms with van der Waals surface area (Å²) in [4.78, 5) is 3.78. The van der Waals surface area contributed by atoms with Gasteiger partial charge in [-0.15, -0.1) is 0 Å². The molecular weight excluding hydrogens is 494 g/mol. The van der Waals surface area contributed by atoms with Gasteiger partial charge in [-0.3, -0.25) is 0 Å². The van der Waals surface area contributed by atoms with E-state index in [2.05, 4.69) is 0 Å². The highest BCUT2D eigenvalue weighted by Gasteiger charge is 2.36. The van der Waals surface area contributed by atoms with E-state index < -0.39 is 23.5 Å². The van der Waals surface area contributed by atoms with Crippen LogP contribution in [0.4, 0.5) is 37.7 Å². The molecule has 4 rings (SSSR count). The molecule has 3 aromatic rings. The lowest BCUT2D eigenvalue weighted by Crippen LogP contribution is -2.35. The molecule has 10 heteroatoms. The van der Waals surface area contributed by atoms with Gasteiger partial charge in [0.05, 0.1) is 35.6 Å². The first-order valence-corrected chi connectivity index (χ1v) is 12.2. The predicted molar refractivity (Wildman–Crippen MR) is 133 cm³/mol. The third-order valence-corrected chi connectivity index (χ3v) is 6.63. The minimum absolute atomic E-state index is 0.467. The largest absolute Gasteiger partial charge is 0.416 e. The smallest absolute Gasteiger partial charge is 0.326 e. The standard InChI is InChI=1S/C27H29F6N4/c1-5-34-20-14-12-18(26(28,29)30)16-22(20)36(7-3)24(34)10-9-11-25-35(6-2)21-15-13-19(27(31,32)33)17-23(21)37(25)8-4/h9-17H,5-8H2,1-4H3/q+1. The first-order valence-electron chi connectivity index (χ1n) is 12.2. The van der Waals surface area contributed by atoms with Gasteiger partial charge in [-0.05, 0) is 64.1 Å². The van der Waals surface area contributed by atoms with Crippen molar-refractivity contribution in [1.29, 1.82) is 0 Å². The summed E-state index contributed by atoms with van der Waals surface area (Å²) in [6.45, 7) is 9.65. The Kier molecular flexibility index (Phi) is 7.05. The lowest BCUT2D eigenvalue weighted by Gasteiger charge is -2.23. The quantitative estimate of drug-likeness (QED) is 0.250. The van der Waals surface area contributed by atoms with Crippen LogP contribution in [0.15, 0.2) is 54.4 Å². The fraction of sp³-hybridized carbons (Fsp3) is 0.370. The van der Waals surface area contributed by atoms with E-state index in [-0.39, 0.29) is 0 Å². The Hall–Kier alpha value is -3.43. The summed E-state index contributed by atoms with van der Waals surface area (Å²) in [7, 11) is 0. The maximum Gasteiger partial charge on any atom is 0.416 e. The molecule has 0 radical (unpaired) electrons. The zero-order valence-corrected chi connectivity index (χ0v) is 21.1. The maximum absolute atomic E-state index is 13.3. The molecule has 1 aliphatic heterocycles. The molecule has 0 atom stereocenters. The van der Waals surface area contributed by atoms with Crippen LogP contribution < -0.4 is 14.4 Å². The van der Waals surface area contributed by atoms with Gasteiger partial charge in [-0.2, -0.15) is 26.3 Å². The van der Waals surface area contributed by atoms with Gasteiger partial charge in [-0.1, -0.05) is 6.08 Å². The lowest BCUT2D eigenvalue weighted by atomic mass is 10.1. The molecule has 1 aromatic heterocycles. The van der Waals surface area contributed by atoms with Crippen LogP contribution in [0.25, 0.3) is 17.1 Å². The number of hydrogen-bond acceptors (Lipinski definition) is 2. The molecule has 4 nitrogen and oxygen atoms in total. The number of alkyl halides is 6. The van der Waals surface area contributed by atoms with Gasteiger partial charge >= 0.3 is 12.4 Å². The highest BCUT2D eigenvalue weighted by molar-refractivity contribution is 5.83. The number of benzene rings is 2. The fourth-order valence-corrected chi connectivity index (χ4v) is 4.98. The summed E-state index contributed by atoms with van der Waals surface area (Å²) < 4.78 is 83.9. The first-order chi connectivity index (χ1) is 17.5. The fourth-order valence-electron chi connectivity index (χ4n) is 4.98. The van der Waals surface area contributed by atoms with Gasteiger partial charge in [0.1, 0.15) is 5.82 Å². The molecule has 1 aliphatic rings. The number of rotatable bonds is 6. The Labute approximate surface area is 211 Å². The second-order valence-electron chi connectivity index (χ2n) is 8.62. The number of halogens is 6. The molecule has 198 valence electrons. The van der Waals surface area contributed by atoms with Crippen LogP contribution in [0, 0.1) is 0 Å². The number of anilines is 2. The second-order valence-corrected chi connectivity index (χ2v) is 8.62. The zero-order valence-electron chi connectivity index (χ0n) is 21.1. The molecule has 0 saturated carbocycles. The molecule has 37 heavy (non-hydrogen) atoms. The summed E-state index contributed by atoms with van der Waals surface area (Å²) >= 11 is 0. The van der Waals surface area contributed by atoms with Crippen molar-refractivity contribution in [2.45, 2.75) is 53.1 Å². The Morgan fingerprint density at radius 1 is 0.757 bits per heavy atom. The van der Waals surface area contributed by atoms with Crippen LogP contribution in [0.2, 0.25) is 0 Å². The molecule has 0 unspecified atom stereocenters. The average molecular weight is 524 g/mol. The van der Waals surface area contributed by atoms with Crippen molar-refractivity contribution in [2.75, 3.05) is 22.9 Å². The van der Waals surface area contributed by atoms with E-state index in [1.807, 2.05) is 58.8 Å². The predicted octanol–water partition coefficient (Wildman–Crippen LogP) is 7.23. The van der Waals surface area contributed by atoms with Crippen molar-refractivity contribution >= 4 is 28.5 Å². The summed E-state index contributed by atoms with van der Waals surface area (Å²) in [5.74, 6) is 1.47. The Balaban J connectivity index is 1.78. The van der Waals surface area contributed by atoms with Crippen molar-refractivity contribution in [3.8, 4) is 0 Å². The first kappa shape index (κ1) is 26.6. The molecule has 0 fully saturated rings. The number of nitrogens with zero attached hydrogens (tertiary/aromatic N) is 4. The van der Waals surface area contributed by atoms with Crippen LogP contribution in [0.3, 0.4) is 0 Å². The molecule has 0 bridgehead atoms. The number of aromatic nitrogens is 2. The van der Waals surface area contributed by atoms with Gasteiger partial charge in [0.2, 0.25) is 0 Å². The zero-order chi connectivity index (χ0) is 27.1. The maximum atomic E-state index is 13.3. The van der Waals surface area contributed by atoms with E-state index in [9.17, 15) is 26.3 Å². The molecule has 2 aromatic carbocycles. The van der Waals surface area contributed by atoms with E-state index >= 15 is 0 Å². The van der Waals surface area contributed by atoms with Crippen LogP contribution in [0.1, 0.15) is 44.6 Å². The summed E-state index contributed by atoms with van der Waals surface area (Å²) in [6, 6.07) is 7.51. The Morgan fingerprint density at radius 3 is 1.92 bits per heavy atom. The van der Waals surface area contributed by atoms with Crippen LogP contribution in [0.5, 0.6) is 0 Å². The minimum atomic E-state index is -4.44. The van der Waals surface area contributed by atoms with E-state index in [4.69, 9.17) is 0 Å². The third kappa shape index (κ3) is 4.69. The molecule has 0 saturated heterocycles. The Morgan fingerprint density at radius 2 is 1.35 bits per heavy atom. The van der Waals surface area contributed by atoms with Crippen molar-refractivity contribution in [2.24, 2.45) is 0 Å². The third-order valence-electron chi connectivity index (χ3n) is 6.63. The number of imidazole rings is 1. The topological polar surface area (TPSA) is 15.3 Å².